The molecule has 1 aliphatic heterocycles. The Kier molecular flexibility index (Phi) is 3.45. The minimum Gasteiger partial charge on any atom is -0.409 e. The van der Waals surface area contributed by atoms with Crippen LogP contribution in [0.5, 0.6) is 0 Å². The van der Waals surface area contributed by atoms with Crippen molar-refractivity contribution >= 4 is 23.4 Å². The fourth-order valence-corrected chi connectivity index (χ4v) is 2.36. The van der Waals surface area contributed by atoms with E-state index >= 15 is 0 Å². The lowest BCUT2D eigenvalue weighted by atomic mass is 10.4. The van der Waals surface area contributed by atoms with Crippen LogP contribution in [-0.2, 0) is 0 Å². The third-order valence-electron chi connectivity index (χ3n) is 2.34. The molecule has 0 bridgehead atoms. The van der Waals surface area contributed by atoms with Gasteiger partial charge in [-0.25, -0.2) is 9.97 Å². The maximum absolute atomic E-state index is 8.49. The second-order valence-electron chi connectivity index (χ2n) is 3.34. The average Bonchev–Trinajstić information content (AvgIpc) is 2.39. The van der Waals surface area contributed by atoms with Crippen LogP contribution in [0, 0.1) is 0 Å². The SMILES string of the molecule is NC(=NO)c1cnc(N2CCSCC2)cn1. The third-order valence-corrected chi connectivity index (χ3v) is 3.29. The highest BCUT2D eigenvalue weighted by molar-refractivity contribution is 7.99. The number of aromatic nitrogens is 2. The van der Waals surface area contributed by atoms with Crippen LogP contribution in [0.15, 0.2) is 17.5 Å². The van der Waals surface area contributed by atoms with E-state index in [1.54, 1.807) is 6.20 Å². The molecule has 16 heavy (non-hydrogen) atoms. The van der Waals surface area contributed by atoms with Crippen molar-refractivity contribution in [3.63, 3.8) is 0 Å². The summed E-state index contributed by atoms with van der Waals surface area (Å²) in [6.07, 6.45) is 3.18. The van der Waals surface area contributed by atoms with Gasteiger partial charge in [0, 0.05) is 24.6 Å². The molecule has 0 atom stereocenters. The van der Waals surface area contributed by atoms with Gasteiger partial charge in [0.05, 0.1) is 12.4 Å². The van der Waals surface area contributed by atoms with E-state index in [-0.39, 0.29) is 5.84 Å². The summed E-state index contributed by atoms with van der Waals surface area (Å²) in [6, 6.07) is 0. The highest BCUT2D eigenvalue weighted by Gasteiger charge is 2.12. The molecule has 6 nitrogen and oxygen atoms in total. The van der Waals surface area contributed by atoms with Gasteiger partial charge in [0.2, 0.25) is 0 Å². The summed E-state index contributed by atoms with van der Waals surface area (Å²) >= 11 is 1.94. The Labute approximate surface area is 97.6 Å². The van der Waals surface area contributed by atoms with Crippen molar-refractivity contribution in [2.75, 3.05) is 29.5 Å². The van der Waals surface area contributed by atoms with E-state index in [0.717, 1.165) is 30.4 Å². The van der Waals surface area contributed by atoms with Gasteiger partial charge >= 0.3 is 0 Å². The summed E-state index contributed by atoms with van der Waals surface area (Å²) in [7, 11) is 0. The van der Waals surface area contributed by atoms with Crippen molar-refractivity contribution in [2.24, 2.45) is 10.9 Å². The first-order valence-electron chi connectivity index (χ1n) is 4.94. The second kappa shape index (κ2) is 5.02. The Morgan fingerprint density at radius 2 is 2.12 bits per heavy atom. The Bertz CT molecular complexity index is 374. The Morgan fingerprint density at radius 3 is 2.69 bits per heavy atom. The zero-order valence-corrected chi connectivity index (χ0v) is 9.52. The number of hydrogen-bond acceptors (Lipinski definition) is 6. The molecular formula is C9H13N5OS. The molecule has 1 aromatic heterocycles. The van der Waals surface area contributed by atoms with Crippen LogP contribution in [0.1, 0.15) is 5.69 Å². The van der Waals surface area contributed by atoms with Crippen molar-refractivity contribution < 1.29 is 5.21 Å². The summed E-state index contributed by atoms with van der Waals surface area (Å²) in [5.74, 6) is 3.05. The summed E-state index contributed by atoms with van der Waals surface area (Å²) in [6.45, 7) is 1.98. The van der Waals surface area contributed by atoms with Gasteiger partial charge in [-0.2, -0.15) is 11.8 Å². The van der Waals surface area contributed by atoms with Crippen molar-refractivity contribution in [3.8, 4) is 0 Å². The smallest absolute Gasteiger partial charge is 0.190 e. The molecule has 1 saturated heterocycles. The summed E-state index contributed by atoms with van der Waals surface area (Å²) < 4.78 is 0. The number of thioether (sulfide) groups is 1. The van der Waals surface area contributed by atoms with E-state index in [1.165, 1.54) is 6.20 Å². The Morgan fingerprint density at radius 1 is 1.38 bits per heavy atom. The highest BCUT2D eigenvalue weighted by Crippen LogP contribution is 2.15. The number of hydrogen-bond donors (Lipinski definition) is 2. The Balaban J connectivity index is 2.12. The monoisotopic (exact) mass is 239 g/mol. The second-order valence-corrected chi connectivity index (χ2v) is 4.57. The molecular weight excluding hydrogens is 226 g/mol. The van der Waals surface area contributed by atoms with E-state index in [0.29, 0.717) is 5.69 Å². The average molecular weight is 239 g/mol. The molecule has 1 aromatic rings. The minimum atomic E-state index is -0.0201. The van der Waals surface area contributed by atoms with Gasteiger partial charge in [-0.3, -0.25) is 0 Å². The first-order valence-corrected chi connectivity index (χ1v) is 6.09. The third kappa shape index (κ3) is 2.35. The number of oxime groups is 1. The molecule has 0 aromatic carbocycles. The van der Waals surface area contributed by atoms with E-state index < -0.39 is 0 Å². The molecule has 0 amide bonds. The molecule has 0 aliphatic carbocycles. The minimum absolute atomic E-state index is 0.0201. The number of rotatable bonds is 2. The van der Waals surface area contributed by atoms with Gasteiger partial charge in [-0.05, 0) is 0 Å². The lowest BCUT2D eigenvalue weighted by Gasteiger charge is -2.26. The van der Waals surface area contributed by atoms with Crippen molar-refractivity contribution in [1.82, 2.24) is 9.97 Å². The van der Waals surface area contributed by atoms with Crippen LogP contribution >= 0.6 is 11.8 Å². The van der Waals surface area contributed by atoms with Crippen LogP contribution < -0.4 is 10.6 Å². The van der Waals surface area contributed by atoms with E-state index in [4.69, 9.17) is 10.9 Å². The zero-order valence-electron chi connectivity index (χ0n) is 8.70. The molecule has 0 saturated carbocycles. The van der Waals surface area contributed by atoms with Gasteiger partial charge < -0.3 is 15.8 Å². The molecule has 0 radical (unpaired) electrons. The zero-order chi connectivity index (χ0) is 11.4. The normalized spacial score (nSPS) is 17.5. The number of anilines is 1. The van der Waals surface area contributed by atoms with Crippen molar-refractivity contribution in [2.45, 2.75) is 0 Å². The van der Waals surface area contributed by atoms with Gasteiger partial charge in [0.25, 0.3) is 0 Å². The molecule has 1 aliphatic rings. The lowest BCUT2D eigenvalue weighted by Crippen LogP contribution is -2.33. The van der Waals surface area contributed by atoms with Gasteiger partial charge in [0.15, 0.2) is 5.84 Å². The molecule has 0 spiro atoms. The topological polar surface area (TPSA) is 87.6 Å². The summed E-state index contributed by atoms with van der Waals surface area (Å²) in [5.41, 5.74) is 5.79. The highest BCUT2D eigenvalue weighted by atomic mass is 32.2. The molecule has 2 rings (SSSR count). The van der Waals surface area contributed by atoms with E-state index in [2.05, 4.69) is 20.0 Å². The molecule has 1 fully saturated rings. The Hall–Kier alpha value is -1.50. The van der Waals surface area contributed by atoms with Crippen molar-refractivity contribution in [1.29, 1.82) is 0 Å². The summed E-state index contributed by atoms with van der Waals surface area (Å²) in [4.78, 5) is 10.5. The molecule has 3 N–H and O–H groups in total. The first-order chi connectivity index (χ1) is 7.81. The van der Waals surface area contributed by atoms with Gasteiger partial charge in [-0.1, -0.05) is 5.16 Å². The fraction of sp³-hybridized carbons (Fsp3) is 0.444. The molecule has 0 unspecified atom stereocenters. The number of nitrogens with zero attached hydrogens (tertiary/aromatic N) is 4. The number of nitrogens with two attached hydrogens (primary N) is 1. The lowest BCUT2D eigenvalue weighted by molar-refractivity contribution is 0.318. The maximum Gasteiger partial charge on any atom is 0.190 e. The van der Waals surface area contributed by atoms with E-state index in [9.17, 15) is 0 Å². The van der Waals surface area contributed by atoms with Crippen LogP contribution in [0.2, 0.25) is 0 Å². The number of amidine groups is 1. The van der Waals surface area contributed by atoms with Gasteiger partial charge in [0.1, 0.15) is 11.5 Å². The van der Waals surface area contributed by atoms with E-state index in [1.807, 2.05) is 11.8 Å². The summed E-state index contributed by atoms with van der Waals surface area (Å²) in [5, 5.41) is 11.4. The molecule has 2 heterocycles. The van der Waals surface area contributed by atoms with Gasteiger partial charge in [-0.15, -0.1) is 0 Å². The standard InChI is InChI=1S/C9H13N5OS/c10-9(13-15)7-5-12-8(6-11-7)14-1-3-16-4-2-14/h5-6,15H,1-4H2,(H2,10,13). The largest absolute Gasteiger partial charge is 0.409 e. The predicted octanol–water partition coefficient (Wildman–Crippen LogP) is 0.124. The van der Waals surface area contributed by atoms with Crippen LogP contribution in [-0.4, -0.2) is 45.6 Å². The quantitative estimate of drug-likeness (QED) is 0.330. The van der Waals surface area contributed by atoms with Crippen molar-refractivity contribution in [3.05, 3.63) is 18.1 Å². The first kappa shape index (κ1) is 11.0. The predicted molar refractivity (Wildman–Crippen MR) is 64.1 cm³/mol. The maximum atomic E-state index is 8.49. The molecule has 7 heteroatoms. The molecule has 86 valence electrons. The fourth-order valence-electron chi connectivity index (χ4n) is 1.46. The van der Waals surface area contributed by atoms with Crippen LogP contribution in [0.4, 0.5) is 5.82 Å². The van der Waals surface area contributed by atoms with Crippen LogP contribution in [0.25, 0.3) is 0 Å². The van der Waals surface area contributed by atoms with Crippen LogP contribution in [0.3, 0.4) is 0 Å².